The van der Waals surface area contributed by atoms with Gasteiger partial charge < -0.3 is 5.11 Å². The Labute approximate surface area is 102 Å². The molecular weight excluding hydrogens is 244 g/mol. The number of phenols is 1. The summed E-state index contributed by atoms with van der Waals surface area (Å²) in [7, 11) is 0. The Morgan fingerprint density at radius 3 is 2.69 bits per heavy atom. The van der Waals surface area contributed by atoms with E-state index in [1.165, 1.54) is 23.0 Å². The molecule has 6 heteroatoms. The van der Waals surface area contributed by atoms with Gasteiger partial charge in [-0.25, -0.2) is 0 Å². The van der Waals surface area contributed by atoms with Crippen molar-refractivity contribution < 1.29 is 9.90 Å². The zero-order valence-corrected chi connectivity index (χ0v) is 9.79. The van der Waals surface area contributed by atoms with E-state index in [2.05, 4.69) is 5.10 Å². The van der Waals surface area contributed by atoms with E-state index in [9.17, 15) is 4.79 Å². The third-order valence-corrected chi connectivity index (χ3v) is 3.28. The lowest BCUT2D eigenvalue weighted by Gasteiger charge is -2.06. The SMILES string of the molecule is O=C1CSC(=S)N1/N=C\c1ccc(O)cc1. The van der Waals surface area contributed by atoms with Gasteiger partial charge in [-0.15, -0.1) is 0 Å². The number of nitrogens with zero attached hydrogens (tertiary/aromatic N) is 2. The Kier molecular flexibility index (Phi) is 3.21. The first-order valence-corrected chi connectivity index (χ1v) is 5.89. The topological polar surface area (TPSA) is 52.9 Å². The normalized spacial score (nSPS) is 16.4. The molecule has 1 aliphatic heterocycles. The van der Waals surface area contributed by atoms with Crippen LogP contribution in [0.2, 0.25) is 0 Å². The average Bonchev–Trinajstić information content (AvgIpc) is 2.59. The Hall–Kier alpha value is -1.40. The molecule has 1 heterocycles. The van der Waals surface area contributed by atoms with Crippen molar-refractivity contribution in [3.63, 3.8) is 0 Å². The fourth-order valence-electron chi connectivity index (χ4n) is 1.14. The van der Waals surface area contributed by atoms with E-state index in [0.717, 1.165) is 5.56 Å². The second-order valence-electron chi connectivity index (χ2n) is 3.10. The lowest BCUT2D eigenvalue weighted by Crippen LogP contribution is -2.22. The van der Waals surface area contributed by atoms with E-state index < -0.39 is 0 Å². The molecular formula is C10H8N2O2S2. The monoisotopic (exact) mass is 252 g/mol. The number of amides is 1. The van der Waals surface area contributed by atoms with Crippen LogP contribution in [-0.2, 0) is 4.79 Å². The number of carbonyl (C=O) groups is 1. The molecule has 1 aromatic rings. The van der Waals surface area contributed by atoms with Gasteiger partial charge in [-0.05, 0) is 29.8 Å². The molecule has 0 aromatic heterocycles. The number of benzene rings is 1. The molecule has 16 heavy (non-hydrogen) atoms. The summed E-state index contributed by atoms with van der Waals surface area (Å²) in [4.78, 5) is 11.3. The molecule has 0 atom stereocenters. The fourth-order valence-corrected chi connectivity index (χ4v) is 2.11. The van der Waals surface area contributed by atoms with Gasteiger partial charge in [-0.3, -0.25) is 4.79 Å². The Bertz CT molecular complexity index is 440. The molecule has 1 amide bonds. The fraction of sp³-hybridized carbons (Fsp3) is 0.100. The minimum atomic E-state index is -0.106. The molecule has 0 unspecified atom stereocenters. The summed E-state index contributed by atoms with van der Waals surface area (Å²) in [5, 5.41) is 14.3. The zero-order chi connectivity index (χ0) is 11.5. The first kappa shape index (κ1) is 11.1. The van der Waals surface area contributed by atoms with Gasteiger partial charge in [0.25, 0.3) is 5.91 Å². The number of rotatable bonds is 2. The van der Waals surface area contributed by atoms with Crippen LogP contribution in [0.25, 0.3) is 0 Å². The maximum Gasteiger partial charge on any atom is 0.259 e. The van der Waals surface area contributed by atoms with Crippen molar-refractivity contribution in [1.82, 2.24) is 5.01 Å². The quantitative estimate of drug-likeness (QED) is 0.641. The molecule has 4 nitrogen and oxygen atoms in total. The molecule has 0 bridgehead atoms. The molecule has 2 rings (SSSR count). The van der Waals surface area contributed by atoms with E-state index in [-0.39, 0.29) is 11.7 Å². The van der Waals surface area contributed by atoms with Gasteiger partial charge in [-0.1, -0.05) is 24.0 Å². The highest BCUT2D eigenvalue weighted by molar-refractivity contribution is 8.23. The highest BCUT2D eigenvalue weighted by Gasteiger charge is 2.25. The van der Waals surface area contributed by atoms with Crippen LogP contribution in [0, 0.1) is 0 Å². The predicted octanol–water partition coefficient (Wildman–Crippen LogP) is 1.59. The van der Waals surface area contributed by atoms with Crippen molar-refractivity contribution in [3.05, 3.63) is 29.8 Å². The standard InChI is InChI=1S/C10H8N2O2S2/c13-8-3-1-7(2-4-8)5-11-12-9(14)6-16-10(12)15/h1-5,13H,6H2/b11-5-. The van der Waals surface area contributed by atoms with Crippen LogP contribution in [0.4, 0.5) is 0 Å². The van der Waals surface area contributed by atoms with E-state index in [0.29, 0.717) is 10.1 Å². The van der Waals surface area contributed by atoms with Crippen molar-refractivity contribution in [2.24, 2.45) is 5.10 Å². The Balaban J connectivity index is 2.12. The van der Waals surface area contributed by atoms with Crippen LogP contribution in [-0.4, -0.2) is 32.3 Å². The molecule has 1 N–H and O–H groups in total. The molecule has 1 aromatic carbocycles. The molecule has 0 aliphatic carbocycles. The van der Waals surface area contributed by atoms with Gasteiger partial charge in [-0.2, -0.15) is 10.1 Å². The van der Waals surface area contributed by atoms with Crippen LogP contribution in [0.1, 0.15) is 5.56 Å². The molecule has 0 spiro atoms. The van der Waals surface area contributed by atoms with E-state index in [1.807, 2.05) is 0 Å². The predicted molar refractivity (Wildman–Crippen MR) is 67.6 cm³/mol. The van der Waals surface area contributed by atoms with Gasteiger partial charge in [0.1, 0.15) is 5.75 Å². The van der Waals surface area contributed by atoms with Crippen LogP contribution in [0.3, 0.4) is 0 Å². The smallest absolute Gasteiger partial charge is 0.259 e. The zero-order valence-electron chi connectivity index (χ0n) is 8.16. The number of hydrazone groups is 1. The summed E-state index contributed by atoms with van der Waals surface area (Å²) in [6.07, 6.45) is 1.54. The maximum absolute atomic E-state index is 11.3. The number of phenolic OH excluding ortho intramolecular Hbond substituents is 1. The Morgan fingerprint density at radius 2 is 2.12 bits per heavy atom. The molecule has 82 valence electrons. The number of thioether (sulfide) groups is 1. The number of thiocarbonyl (C=S) groups is 1. The van der Waals surface area contributed by atoms with E-state index in [4.69, 9.17) is 17.3 Å². The van der Waals surface area contributed by atoms with Crippen molar-refractivity contribution in [2.45, 2.75) is 0 Å². The highest BCUT2D eigenvalue weighted by atomic mass is 32.2. The molecule has 0 saturated carbocycles. The number of aromatic hydroxyl groups is 1. The van der Waals surface area contributed by atoms with Crippen molar-refractivity contribution in [1.29, 1.82) is 0 Å². The summed E-state index contributed by atoms with van der Waals surface area (Å²) >= 11 is 6.27. The van der Waals surface area contributed by atoms with Crippen molar-refractivity contribution >= 4 is 40.4 Å². The summed E-state index contributed by atoms with van der Waals surface area (Å²) in [6, 6.07) is 6.52. The maximum atomic E-state index is 11.3. The summed E-state index contributed by atoms with van der Waals surface area (Å²) in [6.45, 7) is 0. The highest BCUT2D eigenvalue weighted by Crippen LogP contribution is 2.19. The summed E-state index contributed by atoms with van der Waals surface area (Å²) in [5.41, 5.74) is 0.797. The largest absolute Gasteiger partial charge is 0.508 e. The Morgan fingerprint density at radius 1 is 1.44 bits per heavy atom. The number of hydrogen-bond donors (Lipinski definition) is 1. The van der Waals surface area contributed by atoms with Gasteiger partial charge in [0.05, 0.1) is 12.0 Å². The number of hydrogen-bond acceptors (Lipinski definition) is 5. The number of carbonyl (C=O) groups excluding carboxylic acids is 1. The summed E-state index contributed by atoms with van der Waals surface area (Å²) in [5.74, 6) is 0.441. The third-order valence-electron chi connectivity index (χ3n) is 1.94. The minimum absolute atomic E-state index is 0.106. The summed E-state index contributed by atoms with van der Waals surface area (Å²) < 4.78 is 0.472. The first-order valence-electron chi connectivity index (χ1n) is 4.49. The minimum Gasteiger partial charge on any atom is -0.508 e. The van der Waals surface area contributed by atoms with Crippen LogP contribution >= 0.6 is 24.0 Å². The molecule has 1 fully saturated rings. The second kappa shape index (κ2) is 4.63. The lowest BCUT2D eigenvalue weighted by atomic mass is 10.2. The van der Waals surface area contributed by atoms with E-state index >= 15 is 0 Å². The molecule has 1 aliphatic rings. The molecule has 0 radical (unpaired) electrons. The van der Waals surface area contributed by atoms with Crippen LogP contribution < -0.4 is 0 Å². The first-order chi connectivity index (χ1) is 7.66. The van der Waals surface area contributed by atoms with Gasteiger partial charge in [0.2, 0.25) is 0 Å². The molecule has 1 saturated heterocycles. The van der Waals surface area contributed by atoms with Gasteiger partial charge in [0, 0.05) is 0 Å². The van der Waals surface area contributed by atoms with Crippen LogP contribution in [0.5, 0.6) is 5.75 Å². The third kappa shape index (κ3) is 2.40. The van der Waals surface area contributed by atoms with Crippen molar-refractivity contribution in [3.8, 4) is 5.75 Å². The van der Waals surface area contributed by atoms with Crippen LogP contribution in [0.15, 0.2) is 29.4 Å². The van der Waals surface area contributed by atoms with E-state index in [1.54, 1.807) is 24.3 Å². The second-order valence-corrected chi connectivity index (χ2v) is 4.71. The lowest BCUT2D eigenvalue weighted by molar-refractivity contribution is -0.123. The average molecular weight is 252 g/mol. The van der Waals surface area contributed by atoms with Gasteiger partial charge >= 0.3 is 0 Å². The van der Waals surface area contributed by atoms with Gasteiger partial charge in [0.15, 0.2) is 4.32 Å². The van der Waals surface area contributed by atoms with Crippen molar-refractivity contribution in [2.75, 3.05) is 5.75 Å².